The van der Waals surface area contributed by atoms with Gasteiger partial charge in [-0.3, -0.25) is 4.90 Å². The third-order valence-electron chi connectivity index (χ3n) is 7.00. The van der Waals surface area contributed by atoms with E-state index in [0.717, 1.165) is 61.3 Å². The first-order chi connectivity index (χ1) is 16.2. The molecule has 2 aromatic carbocycles. The van der Waals surface area contributed by atoms with E-state index in [-0.39, 0.29) is 5.54 Å². The van der Waals surface area contributed by atoms with Crippen LogP contribution >= 0.6 is 0 Å². The molecular formula is C24H30N6O3. The van der Waals surface area contributed by atoms with Crippen molar-refractivity contribution in [2.24, 2.45) is 5.73 Å². The quantitative estimate of drug-likeness (QED) is 0.615. The molecule has 2 heterocycles. The van der Waals surface area contributed by atoms with Gasteiger partial charge in [0.2, 0.25) is 0 Å². The molecule has 0 bridgehead atoms. The highest BCUT2D eigenvalue weighted by Gasteiger charge is 2.44. The summed E-state index contributed by atoms with van der Waals surface area (Å²) >= 11 is 0. The second-order valence-corrected chi connectivity index (χ2v) is 8.86. The lowest BCUT2D eigenvalue weighted by molar-refractivity contribution is -0.0461. The van der Waals surface area contributed by atoms with Gasteiger partial charge < -0.3 is 15.2 Å². The Morgan fingerprint density at radius 3 is 2.67 bits per heavy atom. The van der Waals surface area contributed by atoms with E-state index in [0.29, 0.717) is 18.7 Å². The van der Waals surface area contributed by atoms with Crippen LogP contribution in [-0.4, -0.2) is 57.5 Å². The molecule has 9 heteroatoms. The first-order valence-corrected chi connectivity index (χ1v) is 11.7. The molecule has 0 atom stereocenters. The average molecular weight is 451 g/mol. The minimum atomic E-state index is -0.816. The van der Waals surface area contributed by atoms with Gasteiger partial charge in [-0.25, -0.2) is 9.48 Å². The first kappa shape index (κ1) is 21.8. The zero-order valence-corrected chi connectivity index (χ0v) is 18.8. The van der Waals surface area contributed by atoms with Crippen LogP contribution in [0.1, 0.15) is 43.5 Å². The Hall–Kier alpha value is -3.04. The zero-order chi connectivity index (χ0) is 22.7. The van der Waals surface area contributed by atoms with Gasteiger partial charge in [0, 0.05) is 25.0 Å². The minimum absolute atomic E-state index is 0.151. The summed E-state index contributed by atoms with van der Waals surface area (Å²) in [7, 11) is 0. The van der Waals surface area contributed by atoms with Crippen molar-refractivity contribution in [1.29, 1.82) is 0 Å². The van der Waals surface area contributed by atoms with Crippen molar-refractivity contribution in [1.82, 2.24) is 25.1 Å². The maximum absolute atomic E-state index is 11.6. The van der Waals surface area contributed by atoms with Crippen LogP contribution in [0, 0.1) is 0 Å². The Kier molecular flexibility index (Phi) is 6.24. The number of rotatable bonds is 6. The van der Waals surface area contributed by atoms with Crippen LogP contribution in [-0.2, 0) is 23.2 Å². The Balaban J connectivity index is 1.45. The second kappa shape index (κ2) is 9.44. The highest BCUT2D eigenvalue weighted by atomic mass is 16.5. The maximum atomic E-state index is 11.6. The van der Waals surface area contributed by atoms with Crippen molar-refractivity contribution in [3.05, 3.63) is 47.8 Å². The fourth-order valence-corrected chi connectivity index (χ4v) is 5.43. The third-order valence-corrected chi connectivity index (χ3v) is 7.00. The van der Waals surface area contributed by atoms with Crippen molar-refractivity contribution in [3.8, 4) is 5.75 Å². The van der Waals surface area contributed by atoms with E-state index in [9.17, 15) is 4.79 Å². The van der Waals surface area contributed by atoms with Gasteiger partial charge in [-0.05, 0) is 40.6 Å². The number of morpholine rings is 1. The number of hydrogen-bond acceptors (Lipinski definition) is 7. The number of aryl methyl sites for hydroxylation is 2. The second-order valence-electron chi connectivity index (χ2n) is 8.86. The van der Waals surface area contributed by atoms with E-state index in [2.05, 4.69) is 20.4 Å². The SMILES string of the molecule is NC(=O)Oc1c(CCn2nnnc2C2(N3CCOCC3)CCCCC2)ccc2ccccc12. The number of ether oxygens (including phenoxy) is 2. The lowest BCUT2D eigenvalue weighted by atomic mass is 9.79. The molecule has 0 unspecified atom stereocenters. The van der Waals surface area contributed by atoms with E-state index < -0.39 is 6.09 Å². The van der Waals surface area contributed by atoms with Crippen LogP contribution in [0.3, 0.4) is 0 Å². The molecule has 3 aromatic rings. The first-order valence-electron chi connectivity index (χ1n) is 11.7. The molecule has 33 heavy (non-hydrogen) atoms. The average Bonchev–Trinajstić information content (AvgIpc) is 3.33. The van der Waals surface area contributed by atoms with Crippen molar-refractivity contribution in [2.45, 2.75) is 50.6 Å². The summed E-state index contributed by atoms with van der Waals surface area (Å²) in [5.74, 6) is 1.44. The number of aromatic nitrogens is 4. The van der Waals surface area contributed by atoms with Gasteiger partial charge in [0.1, 0.15) is 5.75 Å². The summed E-state index contributed by atoms with van der Waals surface area (Å²) in [4.78, 5) is 14.1. The van der Waals surface area contributed by atoms with Crippen molar-refractivity contribution in [3.63, 3.8) is 0 Å². The molecule has 1 saturated carbocycles. The fraction of sp³-hybridized carbons (Fsp3) is 0.500. The van der Waals surface area contributed by atoms with E-state index in [1.807, 2.05) is 41.1 Å². The number of carbonyl (C=O) groups is 1. The van der Waals surface area contributed by atoms with Gasteiger partial charge in [-0.1, -0.05) is 55.7 Å². The molecular weight excluding hydrogens is 420 g/mol. The van der Waals surface area contributed by atoms with E-state index in [1.54, 1.807) is 0 Å². The molecule has 1 aliphatic carbocycles. The standard InChI is InChI=1S/C24H30N6O3/c25-23(31)33-21-19(9-8-18-6-2-3-7-20(18)21)10-13-30-22(26-27-28-30)24(11-4-1-5-12-24)29-14-16-32-17-15-29/h2-3,6-9H,1,4-5,10-17H2,(H2,25,31). The summed E-state index contributed by atoms with van der Waals surface area (Å²) in [6, 6.07) is 11.8. The summed E-state index contributed by atoms with van der Waals surface area (Å²) in [5, 5.41) is 14.8. The van der Waals surface area contributed by atoms with Gasteiger partial charge in [-0.2, -0.15) is 0 Å². The molecule has 1 aliphatic heterocycles. The highest BCUT2D eigenvalue weighted by Crippen LogP contribution is 2.41. The van der Waals surface area contributed by atoms with Crippen LogP contribution in [0.15, 0.2) is 36.4 Å². The van der Waals surface area contributed by atoms with Crippen molar-refractivity contribution >= 4 is 16.9 Å². The Morgan fingerprint density at radius 1 is 1.09 bits per heavy atom. The maximum Gasteiger partial charge on any atom is 0.409 e. The minimum Gasteiger partial charge on any atom is -0.410 e. The molecule has 174 valence electrons. The highest BCUT2D eigenvalue weighted by molar-refractivity contribution is 5.91. The van der Waals surface area contributed by atoms with Gasteiger partial charge >= 0.3 is 6.09 Å². The number of benzene rings is 2. The molecule has 2 fully saturated rings. The molecule has 0 spiro atoms. The molecule has 1 saturated heterocycles. The van der Waals surface area contributed by atoms with E-state index in [4.69, 9.17) is 15.2 Å². The monoisotopic (exact) mass is 450 g/mol. The molecule has 1 aromatic heterocycles. The van der Waals surface area contributed by atoms with Crippen molar-refractivity contribution < 1.29 is 14.3 Å². The zero-order valence-electron chi connectivity index (χ0n) is 18.8. The van der Waals surface area contributed by atoms with Gasteiger partial charge in [0.25, 0.3) is 0 Å². The van der Waals surface area contributed by atoms with Crippen molar-refractivity contribution in [2.75, 3.05) is 26.3 Å². The molecule has 9 nitrogen and oxygen atoms in total. The topological polar surface area (TPSA) is 108 Å². The van der Waals surface area contributed by atoms with E-state index in [1.165, 1.54) is 19.3 Å². The number of carbonyl (C=O) groups excluding carboxylic acids is 1. The Labute approximate surface area is 192 Å². The fourth-order valence-electron chi connectivity index (χ4n) is 5.43. The summed E-state index contributed by atoms with van der Waals surface area (Å²) in [6.45, 7) is 3.87. The largest absolute Gasteiger partial charge is 0.410 e. The molecule has 1 amide bonds. The summed E-state index contributed by atoms with van der Waals surface area (Å²) in [5.41, 5.74) is 6.13. The van der Waals surface area contributed by atoms with Gasteiger partial charge in [0.05, 0.1) is 18.8 Å². The summed E-state index contributed by atoms with van der Waals surface area (Å²) < 4.78 is 13.0. The third kappa shape index (κ3) is 4.30. The van der Waals surface area contributed by atoms with Gasteiger partial charge in [0.15, 0.2) is 5.82 Å². The number of hydrogen-bond donors (Lipinski definition) is 1. The number of amides is 1. The number of nitrogens with two attached hydrogens (primary N) is 1. The molecule has 5 rings (SSSR count). The summed E-state index contributed by atoms with van der Waals surface area (Å²) in [6.07, 6.45) is 5.50. The van der Waals surface area contributed by atoms with Gasteiger partial charge in [-0.15, -0.1) is 5.10 Å². The molecule has 2 N–H and O–H groups in total. The van der Waals surface area contributed by atoms with Crippen LogP contribution < -0.4 is 10.5 Å². The smallest absolute Gasteiger partial charge is 0.409 e. The number of primary amides is 1. The van der Waals surface area contributed by atoms with Crippen LogP contribution in [0.5, 0.6) is 5.75 Å². The molecule has 0 radical (unpaired) electrons. The van der Waals surface area contributed by atoms with Crippen LogP contribution in [0.25, 0.3) is 10.8 Å². The lowest BCUT2D eigenvalue weighted by Gasteiger charge is -2.46. The lowest BCUT2D eigenvalue weighted by Crippen LogP contribution is -2.53. The number of fused-ring (bicyclic) bond motifs is 1. The van der Waals surface area contributed by atoms with Crippen LogP contribution in [0.2, 0.25) is 0 Å². The number of tetrazole rings is 1. The molecule has 2 aliphatic rings. The normalized spacial score (nSPS) is 18.9. The van der Waals surface area contributed by atoms with Crippen LogP contribution in [0.4, 0.5) is 4.79 Å². The predicted octanol–water partition coefficient (Wildman–Crippen LogP) is 3.02. The predicted molar refractivity (Wildman–Crippen MR) is 123 cm³/mol. The van der Waals surface area contributed by atoms with E-state index >= 15 is 0 Å². The number of nitrogens with zero attached hydrogens (tertiary/aromatic N) is 5. The Bertz CT molecular complexity index is 1120. The Morgan fingerprint density at radius 2 is 1.88 bits per heavy atom.